The number of hydrogen-bond donors (Lipinski definition) is 0. The highest BCUT2D eigenvalue weighted by atomic mass is 79.9. The summed E-state index contributed by atoms with van der Waals surface area (Å²) in [7, 11) is 13.1. The standard InChI is InChI=1S/2C5H14N.C4H6O2.BrH/c2*1-5-6(2,3)4;1-3(2)4(5)6;/h2*5H2,1-4H3;1H2,2H3,(H,5,6);1H/q2*+1;;/p-2. The number of halogens is 1. The molecule has 0 aliphatic rings. The highest BCUT2D eigenvalue weighted by molar-refractivity contribution is 5.82. The summed E-state index contributed by atoms with van der Waals surface area (Å²) in [6, 6.07) is 0. The largest absolute Gasteiger partial charge is 1.00 e. The molecule has 4 nitrogen and oxygen atoms in total. The van der Waals surface area contributed by atoms with Crippen LogP contribution in [0.3, 0.4) is 0 Å². The van der Waals surface area contributed by atoms with Gasteiger partial charge in [0.1, 0.15) is 0 Å². The average molecular weight is 341 g/mol. The number of hydrogen-bond acceptors (Lipinski definition) is 2. The second kappa shape index (κ2) is 12.6. The second-order valence-electron chi connectivity index (χ2n) is 6.28. The molecule has 118 valence electrons. The molecule has 5 heteroatoms. The molecule has 0 unspecified atom stereocenters. The van der Waals surface area contributed by atoms with Crippen molar-refractivity contribution in [2.75, 3.05) is 55.4 Å². The van der Waals surface area contributed by atoms with Crippen molar-refractivity contribution in [3.05, 3.63) is 12.2 Å². The Hall–Kier alpha value is -0.390. The molecule has 0 amide bonds. The van der Waals surface area contributed by atoms with Gasteiger partial charge in [-0.1, -0.05) is 6.58 Å². The Morgan fingerprint density at radius 2 is 1.05 bits per heavy atom. The quantitative estimate of drug-likeness (QED) is 0.430. The zero-order valence-corrected chi connectivity index (χ0v) is 15.8. The second-order valence-corrected chi connectivity index (χ2v) is 6.28. The zero-order chi connectivity index (χ0) is 15.6. The van der Waals surface area contributed by atoms with Gasteiger partial charge in [0, 0.05) is 0 Å². The SMILES string of the molecule is C=C(C)C(=O)[O-].CC[N+](C)(C)C.CC[N+](C)(C)C.[Br-]. The Labute approximate surface area is 130 Å². The number of carbonyl (C=O) groups excluding carboxylic acids is 1. The van der Waals surface area contributed by atoms with Crippen LogP contribution in [-0.4, -0.2) is 70.3 Å². The summed E-state index contributed by atoms with van der Waals surface area (Å²) in [5.41, 5.74) is 0.0648. The fourth-order valence-electron chi connectivity index (χ4n) is 0. The minimum atomic E-state index is -1.19. The van der Waals surface area contributed by atoms with E-state index in [0.29, 0.717) is 0 Å². The molecular weight excluding hydrogens is 308 g/mol. The first kappa shape index (κ1) is 27.0. The lowest BCUT2D eigenvalue weighted by molar-refractivity contribution is -0.868. The summed E-state index contributed by atoms with van der Waals surface area (Å²) in [6.07, 6.45) is 0. The lowest BCUT2D eigenvalue weighted by atomic mass is 10.4. The van der Waals surface area contributed by atoms with Gasteiger partial charge in [-0.25, -0.2) is 0 Å². The Kier molecular flexibility index (Phi) is 18.0. The van der Waals surface area contributed by atoms with E-state index in [2.05, 4.69) is 62.7 Å². The van der Waals surface area contributed by atoms with Crippen LogP contribution in [0, 0.1) is 0 Å². The van der Waals surface area contributed by atoms with E-state index in [1.165, 1.54) is 20.0 Å². The van der Waals surface area contributed by atoms with Gasteiger partial charge >= 0.3 is 0 Å². The monoisotopic (exact) mass is 340 g/mol. The van der Waals surface area contributed by atoms with E-state index in [-0.39, 0.29) is 22.6 Å². The molecule has 0 aliphatic heterocycles. The van der Waals surface area contributed by atoms with Crippen LogP contribution in [0.15, 0.2) is 12.2 Å². The predicted molar refractivity (Wildman–Crippen MR) is 77.0 cm³/mol. The minimum absolute atomic E-state index is 0. The van der Waals surface area contributed by atoms with Crippen molar-refractivity contribution < 1.29 is 35.8 Å². The number of quaternary nitrogens is 2. The Morgan fingerprint density at radius 3 is 1.05 bits per heavy atom. The number of rotatable bonds is 3. The summed E-state index contributed by atoms with van der Waals surface area (Å²) >= 11 is 0. The average Bonchev–Trinajstić information content (AvgIpc) is 2.17. The smallest absolute Gasteiger partial charge is 0.0751 e. The van der Waals surface area contributed by atoms with Crippen LogP contribution in [0.4, 0.5) is 0 Å². The van der Waals surface area contributed by atoms with Gasteiger partial charge in [-0.15, -0.1) is 0 Å². The first-order valence-electron chi connectivity index (χ1n) is 6.24. The van der Waals surface area contributed by atoms with Crippen LogP contribution in [-0.2, 0) is 4.79 Å². The van der Waals surface area contributed by atoms with E-state index in [9.17, 15) is 9.90 Å². The van der Waals surface area contributed by atoms with Gasteiger partial charge in [0.05, 0.1) is 61.3 Å². The van der Waals surface area contributed by atoms with Crippen molar-refractivity contribution in [1.29, 1.82) is 0 Å². The van der Waals surface area contributed by atoms with E-state index in [4.69, 9.17) is 0 Å². The Morgan fingerprint density at radius 1 is 0.947 bits per heavy atom. The van der Waals surface area contributed by atoms with E-state index in [1.54, 1.807) is 0 Å². The Bertz CT molecular complexity index is 215. The number of nitrogens with zero attached hydrogens (tertiary/aromatic N) is 2. The van der Waals surface area contributed by atoms with Gasteiger partial charge in [0.2, 0.25) is 0 Å². The molecular formula is C14H33BrN2O2. The van der Waals surface area contributed by atoms with Gasteiger partial charge in [0.15, 0.2) is 0 Å². The molecule has 0 rings (SSSR count). The van der Waals surface area contributed by atoms with Gasteiger partial charge < -0.3 is 35.8 Å². The molecule has 0 saturated carbocycles. The fraction of sp³-hybridized carbons (Fsp3) is 0.786. The van der Waals surface area contributed by atoms with Crippen LogP contribution < -0.4 is 22.1 Å². The van der Waals surface area contributed by atoms with E-state index in [1.807, 2.05) is 0 Å². The maximum absolute atomic E-state index is 9.49. The molecule has 0 radical (unpaired) electrons. The number of carbonyl (C=O) groups is 1. The van der Waals surface area contributed by atoms with Gasteiger partial charge in [0.25, 0.3) is 0 Å². The summed E-state index contributed by atoms with van der Waals surface area (Å²) in [6.45, 7) is 11.3. The maximum atomic E-state index is 9.49. The van der Waals surface area contributed by atoms with Gasteiger partial charge in [-0.05, 0) is 26.3 Å². The van der Waals surface area contributed by atoms with Crippen LogP contribution in [0.2, 0.25) is 0 Å². The van der Waals surface area contributed by atoms with Crippen molar-refractivity contribution in [2.24, 2.45) is 0 Å². The zero-order valence-electron chi connectivity index (χ0n) is 14.2. The predicted octanol–water partition coefficient (Wildman–Crippen LogP) is -2.26. The van der Waals surface area contributed by atoms with Crippen LogP contribution in [0.5, 0.6) is 0 Å². The molecule has 0 fully saturated rings. The Balaban J connectivity index is -0.0000000865. The summed E-state index contributed by atoms with van der Waals surface area (Å²) < 4.78 is 2.14. The summed E-state index contributed by atoms with van der Waals surface area (Å²) in [5, 5.41) is 9.49. The number of carboxylic acid groups (broad SMARTS) is 1. The van der Waals surface area contributed by atoms with Crippen molar-refractivity contribution in [2.45, 2.75) is 20.8 Å². The summed E-state index contributed by atoms with van der Waals surface area (Å²) in [4.78, 5) is 9.49. The first-order valence-corrected chi connectivity index (χ1v) is 6.24. The third-order valence-corrected chi connectivity index (χ3v) is 2.25. The van der Waals surface area contributed by atoms with Crippen LogP contribution in [0.25, 0.3) is 0 Å². The molecule has 0 aromatic carbocycles. The van der Waals surface area contributed by atoms with Crippen molar-refractivity contribution in [1.82, 2.24) is 0 Å². The normalized spacial score (nSPS) is 9.95. The van der Waals surface area contributed by atoms with Crippen LogP contribution >= 0.6 is 0 Å². The van der Waals surface area contributed by atoms with Gasteiger partial charge in [-0.3, -0.25) is 0 Å². The van der Waals surface area contributed by atoms with E-state index < -0.39 is 5.97 Å². The molecule has 0 aromatic heterocycles. The molecule has 0 saturated heterocycles. The van der Waals surface area contributed by atoms with Crippen LogP contribution in [0.1, 0.15) is 20.8 Å². The minimum Gasteiger partial charge on any atom is -1.00 e. The third kappa shape index (κ3) is 46.5. The number of carboxylic acids is 1. The molecule has 0 N–H and O–H groups in total. The van der Waals surface area contributed by atoms with Crippen molar-refractivity contribution in [3.63, 3.8) is 0 Å². The molecule has 0 atom stereocenters. The van der Waals surface area contributed by atoms with E-state index in [0.717, 1.165) is 8.97 Å². The third-order valence-electron chi connectivity index (χ3n) is 2.25. The molecule has 0 aromatic rings. The summed E-state index contributed by atoms with van der Waals surface area (Å²) in [5.74, 6) is -1.19. The molecule has 0 spiro atoms. The molecule has 19 heavy (non-hydrogen) atoms. The maximum Gasteiger partial charge on any atom is 0.0751 e. The molecule has 0 heterocycles. The lowest BCUT2D eigenvalue weighted by Gasteiger charge is -2.20. The van der Waals surface area contributed by atoms with Gasteiger partial charge in [-0.2, -0.15) is 0 Å². The lowest BCUT2D eigenvalue weighted by Crippen LogP contribution is -3.00. The van der Waals surface area contributed by atoms with E-state index >= 15 is 0 Å². The topological polar surface area (TPSA) is 40.1 Å². The fourth-order valence-corrected chi connectivity index (χ4v) is 0. The van der Waals surface area contributed by atoms with Crippen molar-refractivity contribution >= 4 is 5.97 Å². The van der Waals surface area contributed by atoms with Crippen molar-refractivity contribution in [3.8, 4) is 0 Å². The highest BCUT2D eigenvalue weighted by Crippen LogP contribution is 1.84. The highest BCUT2D eigenvalue weighted by Gasteiger charge is 1.98. The molecule has 0 aliphatic carbocycles. The molecule has 0 bridgehead atoms. The first-order chi connectivity index (χ1) is 7.76. The number of aliphatic carboxylic acids is 1.